The lowest BCUT2D eigenvalue weighted by atomic mass is 10.1. The number of benzene rings is 1. The van der Waals surface area contributed by atoms with Crippen LogP contribution in [-0.2, 0) is 9.53 Å². The first-order valence-electron chi connectivity index (χ1n) is 10.1. The predicted molar refractivity (Wildman–Crippen MR) is 119 cm³/mol. The zero-order chi connectivity index (χ0) is 21.5. The summed E-state index contributed by atoms with van der Waals surface area (Å²) in [5.74, 6) is -0.0143. The number of thiazole rings is 1. The van der Waals surface area contributed by atoms with E-state index in [0.29, 0.717) is 35.5 Å². The maximum Gasteiger partial charge on any atom is 0.328 e. The molecule has 0 bridgehead atoms. The van der Waals surface area contributed by atoms with Crippen LogP contribution in [0.25, 0.3) is 0 Å². The van der Waals surface area contributed by atoms with E-state index in [1.54, 1.807) is 37.1 Å². The normalized spacial score (nSPS) is 14.0. The smallest absolute Gasteiger partial charge is 0.328 e. The van der Waals surface area contributed by atoms with Crippen LogP contribution >= 0.6 is 23.1 Å². The van der Waals surface area contributed by atoms with Crippen LogP contribution in [0.1, 0.15) is 38.2 Å². The molecule has 1 saturated carbocycles. The van der Waals surface area contributed by atoms with Gasteiger partial charge < -0.3 is 4.74 Å². The van der Waals surface area contributed by atoms with Crippen LogP contribution in [0, 0.1) is 18.7 Å². The van der Waals surface area contributed by atoms with Gasteiger partial charge in [0.1, 0.15) is 5.82 Å². The summed E-state index contributed by atoms with van der Waals surface area (Å²) in [6.45, 7) is 4.35. The molecule has 1 N–H and O–H groups in total. The molecule has 0 unspecified atom stereocenters. The minimum Gasteiger partial charge on any atom is -0.465 e. The summed E-state index contributed by atoms with van der Waals surface area (Å²) in [5, 5.41) is 3.28. The molecule has 6 nitrogen and oxygen atoms in total. The second-order valence-electron chi connectivity index (χ2n) is 7.15. The predicted octanol–water partition coefficient (Wildman–Crippen LogP) is 5.47. The molecule has 0 radical (unpaired) electrons. The van der Waals surface area contributed by atoms with Crippen molar-refractivity contribution in [3.05, 3.63) is 35.8 Å². The van der Waals surface area contributed by atoms with Crippen molar-refractivity contribution in [2.45, 2.75) is 43.7 Å². The van der Waals surface area contributed by atoms with E-state index in [0.717, 1.165) is 29.9 Å². The first-order chi connectivity index (χ1) is 14.5. The lowest BCUT2D eigenvalue weighted by molar-refractivity contribution is -0.139. The molecular weight excluding hydrogens is 425 g/mol. The highest BCUT2D eigenvalue weighted by Crippen LogP contribution is 2.32. The maximum absolute atomic E-state index is 14.1. The maximum atomic E-state index is 14.1. The molecule has 3 rings (SSSR count). The summed E-state index contributed by atoms with van der Waals surface area (Å²) in [7, 11) is 0. The molecule has 30 heavy (non-hydrogen) atoms. The summed E-state index contributed by atoms with van der Waals surface area (Å²) in [4.78, 5) is 30.5. The summed E-state index contributed by atoms with van der Waals surface area (Å²) in [6, 6.07) is 4.47. The van der Waals surface area contributed by atoms with Gasteiger partial charge in [-0.15, -0.1) is 11.8 Å². The molecule has 2 aromatic rings. The number of rotatable bonds is 8. The number of esters is 1. The molecule has 0 aliphatic heterocycles. The minimum atomic E-state index is -0.330. The third-order valence-electron chi connectivity index (χ3n) is 5.03. The van der Waals surface area contributed by atoms with Gasteiger partial charge in [0.25, 0.3) is 0 Å². The third-order valence-corrected chi connectivity index (χ3v) is 7.11. The van der Waals surface area contributed by atoms with Gasteiger partial charge in [0.2, 0.25) is 0 Å². The van der Waals surface area contributed by atoms with Crippen LogP contribution < -0.4 is 10.2 Å². The van der Waals surface area contributed by atoms with E-state index < -0.39 is 0 Å². The van der Waals surface area contributed by atoms with E-state index >= 15 is 0 Å². The zero-order valence-corrected chi connectivity index (χ0v) is 18.8. The number of ether oxygens (including phenoxy) is 1. The Morgan fingerprint density at radius 3 is 2.87 bits per heavy atom. The number of nitrogens with one attached hydrogen (secondary N) is 1. The van der Waals surface area contributed by atoms with E-state index in [1.165, 1.54) is 29.2 Å². The van der Waals surface area contributed by atoms with Gasteiger partial charge >= 0.3 is 12.0 Å². The quantitative estimate of drug-likeness (QED) is 0.425. The van der Waals surface area contributed by atoms with Gasteiger partial charge in [0, 0.05) is 12.1 Å². The fourth-order valence-electron chi connectivity index (χ4n) is 3.51. The number of carbonyl (C=O) groups excluding carboxylic acids is 2. The second kappa shape index (κ2) is 10.8. The number of urea groups is 1. The highest BCUT2D eigenvalue weighted by molar-refractivity contribution is 8.01. The number of thioether (sulfide) groups is 1. The van der Waals surface area contributed by atoms with E-state index in [4.69, 9.17) is 4.74 Å². The van der Waals surface area contributed by atoms with Crippen molar-refractivity contribution in [3.8, 4) is 0 Å². The standard InChI is InChI=1S/C21H26FN3O3S2/c1-3-28-18(26)13-29-19-11-23-20(30-19)24-21(27)25(12-15-7-4-5-8-15)17-10-6-9-16(22)14(17)2/h6,9-11,15H,3-5,7-8,12-13H2,1-2H3,(H,23,24,27). The van der Waals surface area contributed by atoms with Crippen molar-refractivity contribution in [2.75, 3.05) is 29.1 Å². The van der Waals surface area contributed by atoms with Crippen molar-refractivity contribution in [3.63, 3.8) is 0 Å². The molecule has 0 spiro atoms. The Bertz CT molecular complexity index is 884. The Labute approximate surface area is 184 Å². The summed E-state index contributed by atoms with van der Waals surface area (Å²) in [6.07, 6.45) is 6.10. The minimum absolute atomic E-state index is 0.194. The Morgan fingerprint density at radius 2 is 2.13 bits per heavy atom. The van der Waals surface area contributed by atoms with Gasteiger partial charge in [-0.3, -0.25) is 15.0 Å². The summed E-state index contributed by atoms with van der Waals surface area (Å²) >= 11 is 2.61. The van der Waals surface area contributed by atoms with E-state index in [-0.39, 0.29) is 23.6 Å². The van der Waals surface area contributed by atoms with Crippen molar-refractivity contribution >= 4 is 45.9 Å². The fourth-order valence-corrected chi connectivity index (χ4v) is 5.17. The average molecular weight is 452 g/mol. The summed E-state index contributed by atoms with van der Waals surface area (Å²) < 4.78 is 19.9. The highest BCUT2D eigenvalue weighted by atomic mass is 32.2. The molecular formula is C21H26FN3O3S2. The molecule has 1 aliphatic carbocycles. The number of aromatic nitrogens is 1. The number of amides is 2. The molecule has 162 valence electrons. The molecule has 1 fully saturated rings. The Kier molecular flexibility index (Phi) is 8.09. The Balaban J connectivity index is 1.70. The lowest BCUT2D eigenvalue weighted by Crippen LogP contribution is -2.38. The van der Waals surface area contributed by atoms with Crippen LogP contribution in [0.2, 0.25) is 0 Å². The summed E-state index contributed by atoms with van der Waals surface area (Å²) in [5.41, 5.74) is 1.03. The SMILES string of the molecule is CCOC(=O)CSc1cnc(NC(=O)N(CC2CCCC2)c2cccc(F)c2C)s1. The van der Waals surface area contributed by atoms with Crippen molar-refractivity contribution in [2.24, 2.45) is 5.92 Å². The number of hydrogen-bond acceptors (Lipinski definition) is 6. The van der Waals surface area contributed by atoms with Crippen molar-refractivity contribution in [1.82, 2.24) is 4.98 Å². The lowest BCUT2D eigenvalue weighted by Gasteiger charge is -2.27. The van der Waals surface area contributed by atoms with Crippen LogP contribution in [0.4, 0.5) is 20.0 Å². The molecule has 1 aromatic carbocycles. The number of hydrogen-bond donors (Lipinski definition) is 1. The van der Waals surface area contributed by atoms with Gasteiger partial charge in [0.05, 0.1) is 28.5 Å². The van der Waals surface area contributed by atoms with Gasteiger partial charge in [-0.05, 0) is 44.7 Å². The zero-order valence-electron chi connectivity index (χ0n) is 17.2. The van der Waals surface area contributed by atoms with Gasteiger partial charge in [-0.25, -0.2) is 14.2 Å². The number of halogens is 1. The van der Waals surface area contributed by atoms with Crippen LogP contribution in [-0.4, -0.2) is 35.9 Å². The van der Waals surface area contributed by atoms with Crippen LogP contribution in [0.15, 0.2) is 28.6 Å². The average Bonchev–Trinajstić information content (AvgIpc) is 3.39. The molecule has 0 saturated heterocycles. The van der Waals surface area contributed by atoms with E-state index in [9.17, 15) is 14.0 Å². The highest BCUT2D eigenvalue weighted by Gasteiger charge is 2.25. The molecule has 9 heteroatoms. The van der Waals surface area contributed by atoms with Crippen molar-refractivity contribution in [1.29, 1.82) is 0 Å². The topological polar surface area (TPSA) is 71.5 Å². The van der Waals surface area contributed by atoms with Gasteiger partial charge in [-0.1, -0.05) is 30.2 Å². The monoisotopic (exact) mass is 451 g/mol. The molecule has 1 heterocycles. The fraction of sp³-hybridized carbons (Fsp3) is 0.476. The second-order valence-corrected chi connectivity index (χ2v) is 9.46. The van der Waals surface area contributed by atoms with Crippen LogP contribution in [0.5, 0.6) is 0 Å². The molecule has 0 atom stereocenters. The first-order valence-corrected chi connectivity index (χ1v) is 11.9. The largest absolute Gasteiger partial charge is 0.465 e. The molecule has 1 aromatic heterocycles. The molecule has 2 amide bonds. The Morgan fingerprint density at radius 1 is 1.37 bits per heavy atom. The number of carbonyl (C=O) groups is 2. The van der Waals surface area contributed by atoms with Gasteiger partial charge in [0.15, 0.2) is 5.13 Å². The third kappa shape index (κ3) is 5.95. The number of nitrogens with zero attached hydrogens (tertiary/aromatic N) is 2. The first kappa shape index (κ1) is 22.6. The Hall–Kier alpha value is -2.13. The van der Waals surface area contributed by atoms with Crippen molar-refractivity contribution < 1.29 is 18.7 Å². The molecule has 1 aliphatic rings. The van der Waals surface area contributed by atoms with Crippen LogP contribution in [0.3, 0.4) is 0 Å². The van der Waals surface area contributed by atoms with E-state index in [2.05, 4.69) is 10.3 Å². The van der Waals surface area contributed by atoms with E-state index in [1.807, 2.05) is 0 Å². The number of anilines is 2. The van der Waals surface area contributed by atoms with Gasteiger partial charge in [-0.2, -0.15) is 0 Å².